The maximum atomic E-state index is 12.8. The number of imide groups is 1. The van der Waals surface area contributed by atoms with Gasteiger partial charge in [0.2, 0.25) is 6.41 Å². The summed E-state index contributed by atoms with van der Waals surface area (Å²) in [6, 6.07) is 18.7. The average Bonchev–Trinajstić information content (AvgIpc) is 3.28. The van der Waals surface area contributed by atoms with Gasteiger partial charge in [-0.3, -0.25) is 4.79 Å². The second kappa shape index (κ2) is 10.6. The van der Waals surface area contributed by atoms with Crippen LogP contribution in [0.1, 0.15) is 51.0 Å². The number of ether oxygens (including phenoxy) is 3. The lowest BCUT2D eigenvalue weighted by Gasteiger charge is -2.36. The molecule has 2 aromatic rings. The topological polar surface area (TPSA) is 86.7 Å². The van der Waals surface area contributed by atoms with Gasteiger partial charge in [0.15, 0.2) is 6.10 Å². The van der Waals surface area contributed by atoms with Crippen molar-refractivity contribution >= 4 is 18.2 Å². The molecule has 186 valence electrons. The fourth-order valence-electron chi connectivity index (χ4n) is 4.37. The summed E-state index contributed by atoms with van der Waals surface area (Å²) in [5.74, 6) is -0.0871. The SMILES string of the molecule is C[C@@H]([C@H](O[C@@H]1COC[C@@H]2C1=NO[C@H]2c1ccccc1)c1ccccc1)N(C=O)C(=O)OC(C)(C)C. The minimum atomic E-state index is -0.742. The van der Waals surface area contributed by atoms with Gasteiger partial charge in [0.05, 0.1) is 30.9 Å². The predicted octanol–water partition coefficient (Wildman–Crippen LogP) is 4.67. The van der Waals surface area contributed by atoms with Crippen molar-refractivity contribution in [1.82, 2.24) is 4.90 Å². The fourth-order valence-corrected chi connectivity index (χ4v) is 4.37. The Hall–Kier alpha value is -3.23. The Kier molecular flexibility index (Phi) is 7.52. The van der Waals surface area contributed by atoms with E-state index in [0.717, 1.165) is 21.7 Å². The number of nitrogens with zero attached hydrogens (tertiary/aromatic N) is 2. The number of rotatable bonds is 7. The quantitative estimate of drug-likeness (QED) is 0.536. The van der Waals surface area contributed by atoms with Crippen LogP contribution >= 0.6 is 0 Å². The normalized spacial score (nSPS) is 23.3. The summed E-state index contributed by atoms with van der Waals surface area (Å²) in [7, 11) is 0. The number of carbonyl (C=O) groups excluding carboxylic acids is 2. The van der Waals surface area contributed by atoms with Crippen molar-refractivity contribution in [3.05, 3.63) is 71.8 Å². The highest BCUT2D eigenvalue weighted by Gasteiger charge is 2.44. The number of amides is 2. The van der Waals surface area contributed by atoms with Crippen LogP contribution in [0.15, 0.2) is 65.8 Å². The monoisotopic (exact) mass is 480 g/mol. The molecule has 0 unspecified atom stereocenters. The van der Waals surface area contributed by atoms with Crippen LogP contribution in [0, 0.1) is 5.92 Å². The van der Waals surface area contributed by atoms with Crippen LogP contribution < -0.4 is 0 Å². The Morgan fingerprint density at radius 2 is 1.74 bits per heavy atom. The number of carbonyl (C=O) groups is 2. The van der Waals surface area contributed by atoms with E-state index in [4.69, 9.17) is 19.0 Å². The second-order valence-corrected chi connectivity index (χ2v) is 9.79. The van der Waals surface area contributed by atoms with Crippen molar-refractivity contribution in [2.45, 2.75) is 57.6 Å². The van der Waals surface area contributed by atoms with Crippen LogP contribution in [0.4, 0.5) is 4.79 Å². The molecule has 5 atom stereocenters. The molecule has 0 aliphatic carbocycles. The fraction of sp³-hybridized carbons (Fsp3) is 0.444. The molecule has 2 aliphatic rings. The first-order chi connectivity index (χ1) is 16.8. The summed E-state index contributed by atoms with van der Waals surface area (Å²) < 4.78 is 17.9. The standard InChI is InChI=1S/C27H32N2O6/c1-18(29(17-30)26(31)34-27(2,3)4)24(19-11-7-5-8-12-19)33-22-16-32-15-21-23(22)28-35-25(21)20-13-9-6-10-14-20/h5-14,17-18,21-22,24-25H,15-16H2,1-4H3/t18-,21+,22+,24-,25-/m0/s1. The highest BCUT2D eigenvalue weighted by atomic mass is 16.7. The average molecular weight is 481 g/mol. The molecule has 35 heavy (non-hydrogen) atoms. The molecule has 8 nitrogen and oxygen atoms in total. The van der Waals surface area contributed by atoms with Crippen LogP contribution in [0.2, 0.25) is 0 Å². The van der Waals surface area contributed by atoms with Crippen LogP contribution in [0.3, 0.4) is 0 Å². The zero-order valence-electron chi connectivity index (χ0n) is 20.5. The lowest BCUT2D eigenvalue weighted by molar-refractivity contribution is -0.125. The van der Waals surface area contributed by atoms with Crippen molar-refractivity contribution in [2.24, 2.45) is 11.1 Å². The molecule has 8 heteroatoms. The van der Waals surface area contributed by atoms with Gasteiger partial charge in [-0.1, -0.05) is 65.8 Å². The third-order valence-corrected chi connectivity index (χ3v) is 6.08. The second-order valence-electron chi connectivity index (χ2n) is 9.79. The molecule has 1 saturated heterocycles. The van der Waals surface area contributed by atoms with Crippen molar-refractivity contribution < 1.29 is 28.6 Å². The Morgan fingerprint density at radius 3 is 2.37 bits per heavy atom. The Balaban J connectivity index is 1.57. The van der Waals surface area contributed by atoms with Gasteiger partial charge in [0.1, 0.15) is 17.8 Å². The zero-order chi connectivity index (χ0) is 25.0. The maximum absolute atomic E-state index is 12.8. The number of oxime groups is 1. The highest BCUT2D eigenvalue weighted by molar-refractivity contribution is 5.93. The first kappa shape index (κ1) is 24.9. The van der Waals surface area contributed by atoms with Gasteiger partial charge >= 0.3 is 6.09 Å². The van der Waals surface area contributed by atoms with Gasteiger partial charge < -0.3 is 19.0 Å². The molecule has 0 N–H and O–H groups in total. The molecule has 0 radical (unpaired) electrons. The van der Waals surface area contributed by atoms with Crippen LogP contribution in [0.5, 0.6) is 0 Å². The summed E-state index contributed by atoms with van der Waals surface area (Å²) >= 11 is 0. The van der Waals surface area contributed by atoms with E-state index in [9.17, 15) is 9.59 Å². The van der Waals surface area contributed by atoms with E-state index < -0.39 is 29.9 Å². The van der Waals surface area contributed by atoms with Gasteiger partial charge in [0, 0.05) is 0 Å². The molecule has 2 amide bonds. The maximum Gasteiger partial charge on any atom is 0.417 e. The third-order valence-electron chi connectivity index (χ3n) is 6.08. The lowest BCUT2D eigenvalue weighted by atomic mass is 9.88. The molecule has 2 aliphatic heterocycles. The number of hydrogen-bond acceptors (Lipinski definition) is 7. The van der Waals surface area contributed by atoms with Gasteiger partial charge in [-0.2, -0.15) is 0 Å². The summed E-state index contributed by atoms with van der Waals surface area (Å²) in [6.45, 7) is 7.79. The summed E-state index contributed by atoms with van der Waals surface area (Å²) in [5, 5.41) is 4.39. The molecule has 2 aromatic carbocycles. The van der Waals surface area contributed by atoms with Crippen molar-refractivity contribution in [2.75, 3.05) is 13.2 Å². The highest BCUT2D eigenvalue weighted by Crippen LogP contribution is 2.38. The molecule has 1 fully saturated rings. The van der Waals surface area contributed by atoms with E-state index in [1.165, 1.54) is 0 Å². The Labute approximate surface area is 205 Å². The third kappa shape index (κ3) is 5.71. The zero-order valence-corrected chi connectivity index (χ0v) is 20.5. The van der Waals surface area contributed by atoms with Crippen molar-refractivity contribution in [3.63, 3.8) is 0 Å². The van der Waals surface area contributed by atoms with Crippen LogP contribution in [-0.4, -0.2) is 54.1 Å². The number of benzene rings is 2. The van der Waals surface area contributed by atoms with Gasteiger partial charge in [0.25, 0.3) is 0 Å². The minimum Gasteiger partial charge on any atom is -0.443 e. The minimum absolute atomic E-state index is 0.0871. The first-order valence-electron chi connectivity index (χ1n) is 11.8. The van der Waals surface area contributed by atoms with Crippen LogP contribution in [0.25, 0.3) is 0 Å². The number of fused-ring (bicyclic) bond motifs is 1. The van der Waals surface area contributed by atoms with Crippen LogP contribution in [-0.2, 0) is 23.8 Å². The molecule has 2 heterocycles. The largest absolute Gasteiger partial charge is 0.443 e. The first-order valence-corrected chi connectivity index (χ1v) is 11.8. The van der Waals surface area contributed by atoms with E-state index in [2.05, 4.69) is 5.16 Å². The summed E-state index contributed by atoms with van der Waals surface area (Å²) in [4.78, 5) is 31.6. The lowest BCUT2D eigenvalue weighted by Crippen LogP contribution is -2.48. The molecule has 0 aromatic heterocycles. The van der Waals surface area contributed by atoms with Gasteiger partial charge in [-0.05, 0) is 38.8 Å². The van der Waals surface area contributed by atoms with Crippen molar-refractivity contribution in [3.8, 4) is 0 Å². The molecule has 0 bridgehead atoms. The van der Waals surface area contributed by atoms with E-state index in [1.54, 1.807) is 27.7 Å². The van der Waals surface area contributed by atoms with Gasteiger partial charge in [-0.15, -0.1) is 0 Å². The Bertz CT molecular complexity index is 1040. The van der Waals surface area contributed by atoms with Crippen molar-refractivity contribution in [1.29, 1.82) is 0 Å². The smallest absolute Gasteiger partial charge is 0.417 e. The molecular weight excluding hydrogens is 448 g/mol. The van der Waals surface area contributed by atoms with E-state index in [1.807, 2.05) is 60.7 Å². The molecule has 4 rings (SSSR count). The summed E-state index contributed by atoms with van der Waals surface area (Å²) in [5.41, 5.74) is 1.86. The van der Waals surface area contributed by atoms with E-state index in [0.29, 0.717) is 19.6 Å². The van der Waals surface area contributed by atoms with E-state index >= 15 is 0 Å². The van der Waals surface area contributed by atoms with Gasteiger partial charge in [-0.25, -0.2) is 9.69 Å². The molecule has 0 spiro atoms. The van der Waals surface area contributed by atoms with E-state index in [-0.39, 0.29) is 12.0 Å². The summed E-state index contributed by atoms with van der Waals surface area (Å²) in [6.07, 6.45) is -1.63. The Morgan fingerprint density at radius 1 is 1.09 bits per heavy atom. The predicted molar refractivity (Wildman–Crippen MR) is 130 cm³/mol. The molecule has 0 saturated carbocycles. The number of hydrogen-bond donors (Lipinski definition) is 0. The molecular formula is C27H32N2O6.